The number of aromatic nitrogens is 2. The van der Waals surface area contributed by atoms with Crippen LogP contribution in [-0.2, 0) is 4.79 Å². The lowest BCUT2D eigenvalue weighted by Crippen LogP contribution is -2.44. The third kappa shape index (κ3) is 2.79. The van der Waals surface area contributed by atoms with Gasteiger partial charge in [0, 0.05) is 31.4 Å². The van der Waals surface area contributed by atoms with Crippen LogP contribution in [0.15, 0.2) is 24.5 Å². The molecule has 0 saturated carbocycles. The number of rotatable bonds is 2. The SMILES string of the molecule is CC(=O)NC1CCN(c2ncnc3c(F)cccc23)CC1. The molecule has 0 unspecified atom stereocenters. The summed E-state index contributed by atoms with van der Waals surface area (Å²) in [5.41, 5.74) is 0.353. The van der Waals surface area contributed by atoms with Crippen molar-refractivity contribution < 1.29 is 9.18 Å². The molecule has 0 aliphatic carbocycles. The van der Waals surface area contributed by atoms with Gasteiger partial charge in [0.1, 0.15) is 23.5 Å². The fourth-order valence-electron chi connectivity index (χ4n) is 2.81. The van der Waals surface area contributed by atoms with Gasteiger partial charge >= 0.3 is 0 Å². The van der Waals surface area contributed by atoms with Crippen LogP contribution in [0.25, 0.3) is 10.9 Å². The molecule has 1 aromatic heterocycles. The molecule has 1 N–H and O–H groups in total. The first-order valence-corrected chi connectivity index (χ1v) is 7.06. The first-order chi connectivity index (χ1) is 10.1. The number of hydrogen-bond donors (Lipinski definition) is 1. The zero-order valence-electron chi connectivity index (χ0n) is 11.8. The van der Waals surface area contributed by atoms with Crippen molar-refractivity contribution in [2.45, 2.75) is 25.8 Å². The van der Waals surface area contributed by atoms with Crippen molar-refractivity contribution in [2.24, 2.45) is 0 Å². The van der Waals surface area contributed by atoms with E-state index in [0.717, 1.165) is 37.1 Å². The number of carbonyl (C=O) groups excluding carboxylic acids is 1. The number of halogens is 1. The number of nitrogens with zero attached hydrogens (tertiary/aromatic N) is 3. The Bertz CT molecular complexity index is 668. The van der Waals surface area contributed by atoms with Crippen LogP contribution in [-0.4, -0.2) is 35.0 Å². The second-order valence-corrected chi connectivity index (χ2v) is 5.30. The van der Waals surface area contributed by atoms with E-state index >= 15 is 0 Å². The molecule has 1 aromatic carbocycles. The molecule has 0 spiro atoms. The third-order valence-electron chi connectivity index (χ3n) is 3.80. The minimum Gasteiger partial charge on any atom is -0.356 e. The number of hydrogen-bond acceptors (Lipinski definition) is 4. The molecule has 1 fully saturated rings. The van der Waals surface area contributed by atoms with Crippen molar-refractivity contribution in [1.29, 1.82) is 0 Å². The van der Waals surface area contributed by atoms with Crippen molar-refractivity contribution in [3.05, 3.63) is 30.3 Å². The maximum absolute atomic E-state index is 13.8. The van der Waals surface area contributed by atoms with Crippen LogP contribution in [0.5, 0.6) is 0 Å². The molecule has 1 aliphatic heterocycles. The normalized spacial score (nSPS) is 16.2. The summed E-state index contributed by atoms with van der Waals surface area (Å²) in [6.07, 6.45) is 3.13. The highest BCUT2D eigenvalue weighted by atomic mass is 19.1. The predicted molar refractivity (Wildman–Crippen MR) is 78.5 cm³/mol. The minimum absolute atomic E-state index is 0.00278. The van der Waals surface area contributed by atoms with Gasteiger partial charge in [-0.25, -0.2) is 14.4 Å². The number of piperidine rings is 1. The van der Waals surface area contributed by atoms with Gasteiger partial charge in [-0.2, -0.15) is 0 Å². The van der Waals surface area contributed by atoms with Crippen LogP contribution in [0.3, 0.4) is 0 Å². The summed E-state index contributed by atoms with van der Waals surface area (Å²) in [6.45, 7) is 3.11. The van der Waals surface area contributed by atoms with E-state index in [2.05, 4.69) is 20.2 Å². The van der Waals surface area contributed by atoms with Crippen molar-refractivity contribution >= 4 is 22.6 Å². The summed E-state index contributed by atoms with van der Waals surface area (Å²) in [7, 11) is 0. The summed E-state index contributed by atoms with van der Waals surface area (Å²) in [5, 5.41) is 3.67. The molecular formula is C15H17FN4O. The highest BCUT2D eigenvalue weighted by Gasteiger charge is 2.22. The molecule has 1 amide bonds. The smallest absolute Gasteiger partial charge is 0.217 e. The van der Waals surface area contributed by atoms with Gasteiger partial charge in [-0.05, 0) is 25.0 Å². The molecule has 2 aromatic rings. The van der Waals surface area contributed by atoms with Gasteiger partial charge in [0.15, 0.2) is 0 Å². The van der Waals surface area contributed by atoms with Gasteiger partial charge in [0.2, 0.25) is 5.91 Å². The Balaban J connectivity index is 1.83. The molecule has 1 saturated heterocycles. The molecule has 6 heteroatoms. The number of nitrogens with one attached hydrogen (secondary N) is 1. The quantitative estimate of drug-likeness (QED) is 0.916. The van der Waals surface area contributed by atoms with E-state index in [1.165, 1.54) is 19.3 Å². The standard InChI is InChI=1S/C15H17FN4O/c1-10(21)19-11-5-7-20(8-6-11)15-12-3-2-4-13(16)14(12)17-9-18-15/h2-4,9,11H,5-8H2,1H3,(H,19,21). The third-order valence-corrected chi connectivity index (χ3v) is 3.80. The first kappa shape index (κ1) is 13.7. The van der Waals surface area contributed by atoms with Gasteiger partial charge in [-0.15, -0.1) is 0 Å². The van der Waals surface area contributed by atoms with E-state index in [1.807, 2.05) is 6.07 Å². The average molecular weight is 288 g/mol. The zero-order chi connectivity index (χ0) is 14.8. The van der Waals surface area contributed by atoms with Crippen LogP contribution in [0.4, 0.5) is 10.2 Å². The summed E-state index contributed by atoms with van der Waals surface area (Å²) in [5.74, 6) is 0.438. The molecule has 0 bridgehead atoms. The molecular weight excluding hydrogens is 271 g/mol. The number of carbonyl (C=O) groups is 1. The molecule has 1 aliphatic rings. The highest BCUT2D eigenvalue weighted by molar-refractivity contribution is 5.89. The van der Waals surface area contributed by atoms with E-state index in [1.54, 1.807) is 6.07 Å². The summed E-state index contributed by atoms with van der Waals surface area (Å²) in [6, 6.07) is 5.13. The number of para-hydroxylation sites is 1. The van der Waals surface area contributed by atoms with Crippen LogP contribution in [0, 0.1) is 5.82 Å². The Morgan fingerprint density at radius 3 is 2.81 bits per heavy atom. The van der Waals surface area contributed by atoms with E-state index in [-0.39, 0.29) is 17.8 Å². The highest BCUT2D eigenvalue weighted by Crippen LogP contribution is 2.26. The van der Waals surface area contributed by atoms with E-state index in [9.17, 15) is 9.18 Å². The zero-order valence-corrected chi connectivity index (χ0v) is 11.8. The van der Waals surface area contributed by atoms with Gasteiger partial charge in [-0.3, -0.25) is 4.79 Å². The van der Waals surface area contributed by atoms with E-state index in [0.29, 0.717) is 5.52 Å². The fourth-order valence-corrected chi connectivity index (χ4v) is 2.81. The lowest BCUT2D eigenvalue weighted by molar-refractivity contribution is -0.119. The van der Waals surface area contributed by atoms with Crippen LogP contribution in [0.2, 0.25) is 0 Å². The summed E-state index contributed by atoms with van der Waals surface area (Å²) >= 11 is 0. The molecule has 21 heavy (non-hydrogen) atoms. The Hall–Kier alpha value is -2.24. The van der Waals surface area contributed by atoms with Gasteiger partial charge in [-0.1, -0.05) is 6.07 Å². The number of amides is 1. The minimum atomic E-state index is -0.329. The second kappa shape index (κ2) is 5.63. The van der Waals surface area contributed by atoms with Crippen LogP contribution in [0.1, 0.15) is 19.8 Å². The average Bonchev–Trinajstić information content (AvgIpc) is 2.48. The number of benzene rings is 1. The molecule has 2 heterocycles. The molecule has 5 nitrogen and oxygen atoms in total. The summed E-state index contributed by atoms with van der Waals surface area (Å²) < 4.78 is 13.8. The second-order valence-electron chi connectivity index (χ2n) is 5.30. The van der Waals surface area contributed by atoms with Crippen LogP contribution >= 0.6 is 0 Å². The van der Waals surface area contributed by atoms with E-state index in [4.69, 9.17) is 0 Å². The van der Waals surface area contributed by atoms with Crippen LogP contribution < -0.4 is 10.2 Å². The van der Waals surface area contributed by atoms with Gasteiger partial charge in [0.05, 0.1) is 0 Å². The van der Waals surface area contributed by atoms with Gasteiger partial charge in [0.25, 0.3) is 0 Å². The molecule has 110 valence electrons. The van der Waals surface area contributed by atoms with Crippen molar-refractivity contribution in [3.63, 3.8) is 0 Å². The van der Waals surface area contributed by atoms with Crippen molar-refractivity contribution in [3.8, 4) is 0 Å². The number of fused-ring (bicyclic) bond motifs is 1. The van der Waals surface area contributed by atoms with Crippen molar-refractivity contribution in [1.82, 2.24) is 15.3 Å². The Kier molecular flexibility index (Phi) is 3.68. The Labute approximate surface area is 122 Å². The molecule has 0 radical (unpaired) electrons. The lowest BCUT2D eigenvalue weighted by atomic mass is 10.0. The molecule has 3 rings (SSSR count). The molecule has 0 atom stereocenters. The topological polar surface area (TPSA) is 58.1 Å². The van der Waals surface area contributed by atoms with E-state index < -0.39 is 0 Å². The summed E-state index contributed by atoms with van der Waals surface area (Å²) in [4.78, 5) is 21.6. The van der Waals surface area contributed by atoms with Gasteiger partial charge < -0.3 is 10.2 Å². The maximum Gasteiger partial charge on any atom is 0.217 e. The maximum atomic E-state index is 13.8. The predicted octanol–water partition coefficient (Wildman–Crippen LogP) is 1.87. The lowest BCUT2D eigenvalue weighted by Gasteiger charge is -2.33. The monoisotopic (exact) mass is 288 g/mol. The Morgan fingerprint density at radius 1 is 1.33 bits per heavy atom. The first-order valence-electron chi connectivity index (χ1n) is 7.06. The number of anilines is 1. The Morgan fingerprint density at radius 2 is 2.10 bits per heavy atom. The fraction of sp³-hybridized carbons (Fsp3) is 0.400. The largest absolute Gasteiger partial charge is 0.356 e. The van der Waals surface area contributed by atoms with Crippen molar-refractivity contribution in [2.75, 3.05) is 18.0 Å².